The third-order valence-corrected chi connectivity index (χ3v) is 5.82. The first-order valence-corrected chi connectivity index (χ1v) is 10.4. The lowest BCUT2D eigenvalue weighted by Crippen LogP contribution is -2.29. The van der Waals surface area contributed by atoms with Crippen LogP contribution in [0, 0.1) is 0 Å². The first kappa shape index (κ1) is 21.1. The number of halogens is 2. The van der Waals surface area contributed by atoms with Gasteiger partial charge in [0.1, 0.15) is 6.61 Å². The molecule has 1 aliphatic rings. The molecule has 31 heavy (non-hydrogen) atoms. The Balaban J connectivity index is 1.53. The summed E-state index contributed by atoms with van der Waals surface area (Å²) in [6, 6.07) is 16.5. The van der Waals surface area contributed by atoms with Crippen LogP contribution >= 0.6 is 23.2 Å². The molecule has 0 spiro atoms. The number of esters is 1. The maximum absolute atomic E-state index is 12.9. The zero-order valence-corrected chi connectivity index (χ0v) is 18.0. The van der Waals surface area contributed by atoms with Crippen LogP contribution in [0.25, 0.3) is 0 Å². The SMILES string of the molecule is CCc1ccc(N2C(=O)c3ccc(C(=O)OCc4ccc(Cl)c(Cl)c4)cc3C2=O)cc1. The molecule has 5 nitrogen and oxygen atoms in total. The van der Waals surface area contributed by atoms with Crippen molar-refractivity contribution in [3.63, 3.8) is 0 Å². The fourth-order valence-corrected chi connectivity index (χ4v) is 3.67. The van der Waals surface area contributed by atoms with Crippen molar-refractivity contribution < 1.29 is 19.1 Å². The van der Waals surface area contributed by atoms with E-state index in [1.54, 1.807) is 30.3 Å². The summed E-state index contributed by atoms with van der Waals surface area (Å²) < 4.78 is 5.32. The molecule has 0 N–H and O–H groups in total. The molecule has 0 radical (unpaired) electrons. The fourth-order valence-electron chi connectivity index (χ4n) is 3.34. The molecule has 0 saturated carbocycles. The van der Waals surface area contributed by atoms with Crippen molar-refractivity contribution in [1.82, 2.24) is 0 Å². The lowest BCUT2D eigenvalue weighted by Gasteiger charge is -2.14. The van der Waals surface area contributed by atoms with Gasteiger partial charge in [-0.1, -0.05) is 48.3 Å². The monoisotopic (exact) mass is 453 g/mol. The molecule has 4 rings (SSSR count). The summed E-state index contributed by atoms with van der Waals surface area (Å²) >= 11 is 11.9. The maximum atomic E-state index is 12.9. The average Bonchev–Trinajstić information content (AvgIpc) is 3.04. The summed E-state index contributed by atoms with van der Waals surface area (Å²) in [6.07, 6.45) is 0.857. The molecule has 0 fully saturated rings. The van der Waals surface area contributed by atoms with Crippen LogP contribution in [-0.4, -0.2) is 17.8 Å². The number of fused-ring (bicyclic) bond motifs is 1. The number of carbonyl (C=O) groups is 3. The summed E-state index contributed by atoms with van der Waals surface area (Å²) in [5.74, 6) is -1.50. The summed E-state index contributed by atoms with van der Waals surface area (Å²) in [4.78, 5) is 39.3. The molecule has 0 saturated heterocycles. The summed E-state index contributed by atoms with van der Waals surface area (Å²) in [5, 5.41) is 0.774. The molecular weight excluding hydrogens is 437 g/mol. The molecule has 1 aliphatic heterocycles. The van der Waals surface area contributed by atoms with E-state index >= 15 is 0 Å². The largest absolute Gasteiger partial charge is 0.457 e. The van der Waals surface area contributed by atoms with Crippen molar-refractivity contribution in [2.75, 3.05) is 4.90 Å². The van der Waals surface area contributed by atoms with E-state index in [1.807, 2.05) is 19.1 Å². The van der Waals surface area contributed by atoms with Gasteiger partial charge in [0.05, 0.1) is 32.4 Å². The first-order chi connectivity index (χ1) is 14.9. The summed E-state index contributed by atoms with van der Waals surface area (Å²) in [5.41, 5.74) is 2.89. The van der Waals surface area contributed by atoms with Crippen molar-refractivity contribution in [2.24, 2.45) is 0 Å². The number of anilines is 1. The normalized spacial score (nSPS) is 12.8. The predicted molar refractivity (Wildman–Crippen MR) is 119 cm³/mol. The highest BCUT2D eigenvalue weighted by Crippen LogP contribution is 2.30. The van der Waals surface area contributed by atoms with Crippen LogP contribution in [0.1, 0.15) is 49.1 Å². The van der Waals surface area contributed by atoms with Gasteiger partial charge >= 0.3 is 5.97 Å². The zero-order chi connectivity index (χ0) is 22.1. The molecule has 0 atom stereocenters. The molecule has 0 unspecified atom stereocenters. The number of carbonyl (C=O) groups excluding carboxylic acids is 3. The van der Waals surface area contributed by atoms with Gasteiger partial charge in [0, 0.05) is 0 Å². The van der Waals surface area contributed by atoms with Gasteiger partial charge in [0.15, 0.2) is 0 Å². The number of hydrogen-bond acceptors (Lipinski definition) is 4. The minimum Gasteiger partial charge on any atom is -0.457 e. The number of benzene rings is 3. The van der Waals surface area contributed by atoms with Crippen LogP contribution in [0.15, 0.2) is 60.7 Å². The Kier molecular flexibility index (Phi) is 5.81. The number of amides is 2. The molecule has 0 aliphatic carbocycles. The Morgan fingerprint density at radius 1 is 0.839 bits per heavy atom. The van der Waals surface area contributed by atoms with Crippen LogP contribution < -0.4 is 4.90 Å². The van der Waals surface area contributed by atoms with E-state index in [0.29, 0.717) is 21.3 Å². The second-order valence-electron chi connectivity index (χ2n) is 7.05. The van der Waals surface area contributed by atoms with Gasteiger partial charge in [0.2, 0.25) is 0 Å². The highest BCUT2D eigenvalue weighted by Gasteiger charge is 2.37. The van der Waals surface area contributed by atoms with Gasteiger partial charge in [-0.25, -0.2) is 9.69 Å². The predicted octanol–water partition coefficient (Wildman–Crippen LogP) is 5.71. The van der Waals surface area contributed by atoms with E-state index in [2.05, 4.69) is 0 Å². The maximum Gasteiger partial charge on any atom is 0.338 e. The Morgan fingerprint density at radius 2 is 1.52 bits per heavy atom. The van der Waals surface area contributed by atoms with Gasteiger partial charge in [-0.2, -0.15) is 0 Å². The minimum atomic E-state index is -0.611. The van der Waals surface area contributed by atoms with Crippen molar-refractivity contribution in [3.05, 3.63) is 98.5 Å². The van der Waals surface area contributed by atoms with E-state index < -0.39 is 17.8 Å². The molecule has 7 heteroatoms. The van der Waals surface area contributed by atoms with Crippen LogP contribution in [0.3, 0.4) is 0 Å². The van der Waals surface area contributed by atoms with Crippen LogP contribution in [0.4, 0.5) is 5.69 Å². The van der Waals surface area contributed by atoms with Crippen molar-refractivity contribution in [1.29, 1.82) is 0 Å². The van der Waals surface area contributed by atoms with E-state index in [9.17, 15) is 14.4 Å². The highest BCUT2D eigenvalue weighted by molar-refractivity contribution is 6.42. The average molecular weight is 454 g/mol. The molecule has 3 aromatic rings. The molecule has 2 amide bonds. The summed E-state index contributed by atoms with van der Waals surface area (Å²) in [7, 11) is 0. The number of nitrogens with zero attached hydrogens (tertiary/aromatic N) is 1. The zero-order valence-electron chi connectivity index (χ0n) is 16.5. The first-order valence-electron chi connectivity index (χ1n) is 9.62. The molecule has 1 heterocycles. The quantitative estimate of drug-likeness (QED) is 0.366. The number of hydrogen-bond donors (Lipinski definition) is 0. The van der Waals surface area contributed by atoms with Gasteiger partial charge in [-0.15, -0.1) is 0 Å². The fraction of sp³-hybridized carbons (Fsp3) is 0.125. The second-order valence-corrected chi connectivity index (χ2v) is 7.87. The van der Waals surface area contributed by atoms with Crippen LogP contribution in [0.2, 0.25) is 10.0 Å². The number of ether oxygens (including phenoxy) is 1. The van der Waals surface area contributed by atoms with Crippen LogP contribution in [0.5, 0.6) is 0 Å². The van der Waals surface area contributed by atoms with Crippen molar-refractivity contribution >= 4 is 46.7 Å². The number of aryl methyl sites for hydroxylation is 1. The van der Waals surface area contributed by atoms with Crippen molar-refractivity contribution in [3.8, 4) is 0 Å². The number of rotatable bonds is 5. The molecule has 156 valence electrons. The third-order valence-electron chi connectivity index (χ3n) is 5.08. The Hall–Kier alpha value is -3.15. The lowest BCUT2D eigenvalue weighted by atomic mass is 10.1. The smallest absolute Gasteiger partial charge is 0.338 e. The Bertz CT molecular complexity index is 1200. The Labute approximate surface area is 189 Å². The third kappa shape index (κ3) is 4.07. The lowest BCUT2D eigenvalue weighted by molar-refractivity contribution is 0.0472. The second kappa shape index (κ2) is 8.53. The van der Waals surface area contributed by atoms with E-state index in [4.69, 9.17) is 27.9 Å². The van der Waals surface area contributed by atoms with Crippen molar-refractivity contribution in [2.45, 2.75) is 20.0 Å². The summed E-state index contributed by atoms with van der Waals surface area (Å²) in [6.45, 7) is 2.02. The van der Waals surface area contributed by atoms with Gasteiger partial charge < -0.3 is 4.74 Å². The highest BCUT2D eigenvalue weighted by atomic mass is 35.5. The molecule has 3 aromatic carbocycles. The van der Waals surface area contributed by atoms with Gasteiger partial charge in [0.25, 0.3) is 11.8 Å². The van der Waals surface area contributed by atoms with Gasteiger partial charge in [-0.3, -0.25) is 9.59 Å². The van der Waals surface area contributed by atoms with Gasteiger partial charge in [-0.05, 0) is 60.0 Å². The van der Waals surface area contributed by atoms with E-state index in [0.717, 1.165) is 16.9 Å². The van der Waals surface area contributed by atoms with Crippen LogP contribution in [-0.2, 0) is 17.8 Å². The van der Waals surface area contributed by atoms with E-state index in [1.165, 1.54) is 18.2 Å². The topological polar surface area (TPSA) is 63.7 Å². The minimum absolute atomic E-state index is 0.00438. The van der Waals surface area contributed by atoms with E-state index in [-0.39, 0.29) is 23.3 Å². The molecule has 0 bridgehead atoms. The Morgan fingerprint density at radius 3 is 2.19 bits per heavy atom. The molecule has 0 aromatic heterocycles. The standard InChI is InChI=1S/C24H17Cl2NO4/c1-2-14-3-7-17(8-4-14)27-22(28)18-9-6-16(12-19(18)23(27)29)24(30)31-13-15-5-10-20(25)21(26)11-15/h3-12H,2,13H2,1H3. The molecular formula is C24H17Cl2NO4. The number of imide groups is 1.